The minimum Gasteiger partial charge on any atom is -0.455 e. The van der Waals surface area contributed by atoms with E-state index in [4.69, 9.17) is 16.3 Å². The summed E-state index contributed by atoms with van der Waals surface area (Å²) in [4.78, 5) is 24.0. The van der Waals surface area contributed by atoms with E-state index in [0.29, 0.717) is 24.4 Å². The van der Waals surface area contributed by atoms with Crippen molar-refractivity contribution in [2.24, 2.45) is 0 Å². The van der Waals surface area contributed by atoms with E-state index in [1.54, 1.807) is 6.07 Å². The largest absolute Gasteiger partial charge is 0.455 e. The van der Waals surface area contributed by atoms with Crippen LogP contribution in [0.2, 0.25) is 5.02 Å². The van der Waals surface area contributed by atoms with Gasteiger partial charge in [-0.1, -0.05) is 61.0 Å². The number of nitrogens with one attached hydrogen (secondary N) is 1. The maximum absolute atomic E-state index is 12.2. The highest BCUT2D eigenvalue weighted by Crippen LogP contribution is 2.20. The molecule has 0 saturated carbocycles. The molecule has 0 saturated heterocycles. The average Bonchev–Trinajstić information content (AvgIpc) is 2.61. The minimum atomic E-state index is -0.376. The van der Waals surface area contributed by atoms with E-state index >= 15 is 0 Å². The molecule has 2 aromatic rings. The van der Waals surface area contributed by atoms with Gasteiger partial charge in [0.15, 0.2) is 6.61 Å². The number of esters is 1. The lowest BCUT2D eigenvalue weighted by Crippen LogP contribution is -2.31. The molecule has 1 atom stereocenters. The Morgan fingerprint density at radius 3 is 2.56 bits per heavy atom. The van der Waals surface area contributed by atoms with Crippen LogP contribution in [0.25, 0.3) is 0 Å². The first-order valence-electron chi connectivity index (χ1n) is 8.33. The van der Waals surface area contributed by atoms with Gasteiger partial charge in [0.05, 0.1) is 5.92 Å². The van der Waals surface area contributed by atoms with E-state index in [-0.39, 0.29) is 24.4 Å². The summed E-state index contributed by atoms with van der Waals surface area (Å²) < 4.78 is 5.16. The summed E-state index contributed by atoms with van der Waals surface area (Å²) >= 11 is 5.92. The number of hydrogen-bond acceptors (Lipinski definition) is 3. The third-order valence-electron chi connectivity index (χ3n) is 3.87. The van der Waals surface area contributed by atoms with Crippen LogP contribution in [0.3, 0.4) is 0 Å². The van der Waals surface area contributed by atoms with Crippen molar-refractivity contribution >= 4 is 23.5 Å². The molecular formula is C20H22ClNO3. The number of amides is 1. The molecule has 4 nitrogen and oxygen atoms in total. The van der Waals surface area contributed by atoms with E-state index in [2.05, 4.69) is 5.32 Å². The first-order valence-corrected chi connectivity index (χ1v) is 8.70. The first-order chi connectivity index (χ1) is 12.1. The molecule has 0 radical (unpaired) electrons. The number of halogens is 1. The summed E-state index contributed by atoms with van der Waals surface area (Å²) in [5, 5.41) is 3.41. The Hall–Kier alpha value is -2.33. The summed E-state index contributed by atoms with van der Waals surface area (Å²) in [5.41, 5.74) is 1.94. The second-order valence-corrected chi connectivity index (χ2v) is 6.15. The van der Waals surface area contributed by atoms with Gasteiger partial charge in [-0.15, -0.1) is 0 Å². The van der Waals surface area contributed by atoms with Gasteiger partial charge in [-0.3, -0.25) is 9.59 Å². The zero-order valence-corrected chi connectivity index (χ0v) is 15.0. The predicted molar refractivity (Wildman–Crippen MR) is 98.6 cm³/mol. The molecule has 0 aromatic heterocycles. The molecule has 132 valence electrons. The molecule has 1 N–H and O–H groups in total. The van der Waals surface area contributed by atoms with Gasteiger partial charge in [0.1, 0.15) is 0 Å². The van der Waals surface area contributed by atoms with Crippen molar-refractivity contribution in [1.29, 1.82) is 0 Å². The number of carbonyl (C=O) groups excluding carboxylic acids is 2. The third kappa shape index (κ3) is 6.24. The van der Waals surface area contributed by atoms with Crippen LogP contribution in [0.5, 0.6) is 0 Å². The van der Waals surface area contributed by atoms with Crippen molar-refractivity contribution in [1.82, 2.24) is 5.32 Å². The first kappa shape index (κ1) is 19.0. The zero-order valence-electron chi connectivity index (χ0n) is 14.2. The van der Waals surface area contributed by atoms with E-state index < -0.39 is 0 Å². The van der Waals surface area contributed by atoms with Gasteiger partial charge >= 0.3 is 5.97 Å². The summed E-state index contributed by atoms with van der Waals surface area (Å²) in [6.45, 7) is 2.12. The molecule has 0 fully saturated rings. The number of carbonyl (C=O) groups is 2. The lowest BCUT2D eigenvalue weighted by molar-refractivity contribution is -0.150. The Labute approximate surface area is 153 Å². The highest BCUT2D eigenvalue weighted by Gasteiger charge is 2.20. The summed E-state index contributed by atoms with van der Waals surface area (Å²) in [5.74, 6) is -1.03. The van der Waals surface area contributed by atoms with Gasteiger partial charge in [-0.05, 0) is 36.1 Å². The highest BCUT2D eigenvalue weighted by molar-refractivity contribution is 6.30. The molecule has 0 aliphatic carbocycles. The maximum atomic E-state index is 12.2. The molecular weight excluding hydrogens is 338 g/mol. The fourth-order valence-corrected chi connectivity index (χ4v) is 2.76. The molecule has 0 aliphatic heterocycles. The number of benzene rings is 2. The lowest BCUT2D eigenvalue weighted by Gasteiger charge is -2.14. The summed E-state index contributed by atoms with van der Waals surface area (Å²) in [6, 6.07) is 16.9. The van der Waals surface area contributed by atoms with Crippen LogP contribution in [0.15, 0.2) is 54.6 Å². The van der Waals surface area contributed by atoms with Crippen LogP contribution >= 0.6 is 11.6 Å². The smallest absolute Gasteiger partial charge is 0.313 e. The van der Waals surface area contributed by atoms with Crippen molar-refractivity contribution in [2.45, 2.75) is 25.7 Å². The van der Waals surface area contributed by atoms with Crippen molar-refractivity contribution in [3.63, 3.8) is 0 Å². The molecule has 2 aromatic carbocycles. The van der Waals surface area contributed by atoms with Gasteiger partial charge in [0, 0.05) is 11.6 Å². The molecule has 0 bridgehead atoms. The fourth-order valence-electron chi connectivity index (χ4n) is 2.55. The molecule has 1 amide bonds. The van der Waals surface area contributed by atoms with Gasteiger partial charge in [-0.25, -0.2) is 0 Å². The van der Waals surface area contributed by atoms with E-state index in [0.717, 1.165) is 11.1 Å². The van der Waals surface area contributed by atoms with E-state index in [1.165, 1.54) is 0 Å². The standard InChI is InChI=1S/C20H22ClNO3/c1-2-18(16-8-4-3-5-9-16)20(24)25-14-19(23)22-12-11-15-7-6-10-17(21)13-15/h3-10,13,18H,2,11-12,14H2,1H3,(H,22,23)/t18-/m0/s1. The highest BCUT2D eigenvalue weighted by atomic mass is 35.5. The Morgan fingerprint density at radius 2 is 1.88 bits per heavy atom. The van der Waals surface area contributed by atoms with Crippen LogP contribution in [-0.4, -0.2) is 25.0 Å². The van der Waals surface area contributed by atoms with E-state index in [9.17, 15) is 9.59 Å². The van der Waals surface area contributed by atoms with Crippen LogP contribution in [0, 0.1) is 0 Å². The van der Waals surface area contributed by atoms with Crippen molar-refractivity contribution in [3.8, 4) is 0 Å². The molecule has 0 spiro atoms. The summed E-state index contributed by atoms with van der Waals surface area (Å²) in [7, 11) is 0. The SMILES string of the molecule is CC[C@H](C(=O)OCC(=O)NCCc1cccc(Cl)c1)c1ccccc1. The van der Waals surface area contributed by atoms with Crippen LogP contribution in [-0.2, 0) is 20.7 Å². The molecule has 0 aliphatic rings. The average molecular weight is 360 g/mol. The normalized spacial score (nSPS) is 11.6. The number of hydrogen-bond donors (Lipinski definition) is 1. The molecule has 5 heteroatoms. The molecule has 0 heterocycles. The molecule has 2 rings (SSSR count). The van der Waals surface area contributed by atoms with Gasteiger partial charge in [0.2, 0.25) is 0 Å². The topological polar surface area (TPSA) is 55.4 Å². The Bertz CT molecular complexity index is 703. The van der Waals surface area contributed by atoms with Crippen molar-refractivity contribution in [2.75, 3.05) is 13.2 Å². The van der Waals surface area contributed by atoms with Gasteiger partial charge < -0.3 is 10.1 Å². The molecule has 0 unspecified atom stereocenters. The van der Waals surface area contributed by atoms with Crippen LogP contribution in [0.4, 0.5) is 0 Å². The Kier molecular flexibility index (Phi) is 7.48. The lowest BCUT2D eigenvalue weighted by atomic mass is 9.97. The second kappa shape index (κ2) is 9.84. The van der Waals surface area contributed by atoms with Crippen LogP contribution in [0.1, 0.15) is 30.4 Å². The Morgan fingerprint density at radius 1 is 1.12 bits per heavy atom. The number of rotatable bonds is 8. The minimum absolute atomic E-state index is 0.266. The van der Waals surface area contributed by atoms with Gasteiger partial charge in [-0.2, -0.15) is 0 Å². The number of ether oxygens (including phenoxy) is 1. The quantitative estimate of drug-likeness (QED) is 0.730. The fraction of sp³-hybridized carbons (Fsp3) is 0.300. The monoisotopic (exact) mass is 359 g/mol. The second-order valence-electron chi connectivity index (χ2n) is 5.71. The Balaban J connectivity index is 1.74. The molecule has 25 heavy (non-hydrogen) atoms. The van der Waals surface area contributed by atoms with Gasteiger partial charge in [0.25, 0.3) is 5.91 Å². The van der Waals surface area contributed by atoms with Crippen molar-refractivity contribution < 1.29 is 14.3 Å². The predicted octanol–water partition coefficient (Wildman–Crippen LogP) is 3.74. The summed E-state index contributed by atoms with van der Waals surface area (Å²) in [6.07, 6.45) is 1.29. The third-order valence-corrected chi connectivity index (χ3v) is 4.10. The van der Waals surface area contributed by atoms with E-state index in [1.807, 2.05) is 55.5 Å². The van der Waals surface area contributed by atoms with Crippen LogP contribution < -0.4 is 5.32 Å². The van der Waals surface area contributed by atoms with Crippen molar-refractivity contribution in [3.05, 3.63) is 70.7 Å². The maximum Gasteiger partial charge on any atom is 0.313 e. The zero-order chi connectivity index (χ0) is 18.1.